The third kappa shape index (κ3) is 6.52. The lowest BCUT2D eigenvalue weighted by atomic mass is 9.94. The third-order valence-electron chi connectivity index (χ3n) is 5.83. The molecule has 3 N–H and O–H groups in total. The molecule has 0 fully saturated rings. The van der Waals surface area contributed by atoms with E-state index in [2.05, 4.69) is 41.4 Å². The van der Waals surface area contributed by atoms with E-state index in [0.717, 1.165) is 68.1 Å². The Bertz CT molecular complexity index is 869. The summed E-state index contributed by atoms with van der Waals surface area (Å²) in [5.74, 6) is 1.31. The summed E-state index contributed by atoms with van der Waals surface area (Å²) >= 11 is 0. The van der Waals surface area contributed by atoms with Gasteiger partial charge in [-0.15, -0.1) is 0 Å². The molecule has 0 aromatic heterocycles. The summed E-state index contributed by atoms with van der Waals surface area (Å²) in [6.45, 7) is 11.8. The van der Waals surface area contributed by atoms with Gasteiger partial charge < -0.3 is 20.9 Å². The first-order valence-electron chi connectivity index (χ1n) is 11.2. The van der Waals surface area contributed by atoms with E-state index in [1.807, 2.05) is 36.4 Å². The summed E-state index contributed by atoms with van der Waals surface area (Å²) in [5.41, 5.74) is 2.56. The Hall–Kier alpha value is -2.44. The highest BCUT2D eigenvalue weighted by Gasteiger charge is 2.19. The van der Waals surface area contributed by atoms with Crippen LogP contribution in [0.1, 0.15) is 44.2 Å². The van der Waals surface area contributed by atoms with E-state index in [0.29, 0.717) is 12.1 Å². The molecule has 0 aliphatic carbocycles. The van der Waals surface area contributed by atoms with Gasteiger partial charge in [-0.1, -0.05) is 25.1 Å². The first kappa shape index (κ1) is 23.2. The molecule has 31 heavy (non-hydrogen) atoms. The summed E-state index contributed by atoms with van der Waals surface area (Å²) in [5, 5.41) is 10.4. The molecule has 0 saturated carbocycles. The van der Waals surface area contributed by atoms with Gasteiger partial charge in [0, 0.05) is 49.6 Å². The van der Waals surface area contributed by atoms with Crippen molar-refractivity contribution in [2.24, 2.45) is 4.99 Å². The number of hydrogen-bond acceptors (Lipinski definition) is 5. The van der Waals surface area contributed by atoms with Crippen molar-refractivity contribution in [3.63, 3.8) is 0 Å². The molecular weight excluding hydrogens is 389 g/mol. The second kappa shape index (κ2) is 10.7. The molecule has 3 rings (SSSR count). The zero-order chi connectivity index (χ0) is 22.3. The molecular formula is C25H36FN5. The Morgan fingerprint density at radius 1 is 1.19 bits per heavy atom. The van der Waals surface area contributed by atoms with Gasteiger partial charge in [0.05, 0.1) is 6.54 Å². The van der Waals surface area contributed by atoms with Gasteiger partial charge >= 0.3 is 0 Å². The van der Waals surface area contributed by atoms with Crippen LogP contribution in [-0.4, -0.2) is 49.5 Å². The third-order valence-corrected chi connectivity index (χ3v) is 5.83. The quantitative estimate of drug-likeness (QED) is 0.640. The average molecular weight is 426 g/mol. The van der Waals surface area contributed by atoms with Crippen LogP contribution >= 0.6 is 0 Å². The molecule has 6 heteroatoms. The largest absolute Gasteiger partial charge is 0.337 e. The second-order valence-electron chi connectivity index (χ2n) is 8.87. The smallest absolute Gasteiger partial charge is 0.131 e. The SMILES string of the molecule is C=C/C1=C2/NC(=NCCNCCNC(C)(C)CCCCc3ccc(F)c1c3)C=CN2C. The molecule has 0 amide bonds. The minimum absolute atomic E-state index is 0.107. The van der Waals surface area contributed by atoms with Crippen molar-refractivity contribution in [1.82, 2.24) is 20.9 Å². The molecule has 168 valence electrons. The lowest BCUT2D eigenvalue weighted by Gasteiger charge is -2.27. The maximum absolute atomic E-state index is 14.8. The van der Waals surface area contributed by atoms with Gasteiger partial charge in [-0.25, -0.2) is 4.39 Å². The summed E-state index contributed by atoms with van der Waals surface area (Å²) in [6.07, 6.45) is 9.84. The molecule has 0 unspecified atom stereocenters. The average Bonchev–Trinajstić information content (AvgIpc) is 2.74. The number of fused-ring (bicyclic) bond motifs is 4. The molecule has 1 aromatic rings. The number of rotatable bonds is 1. The fourth-order valence-corrected chi connectivity index (χ4v) is 3.98. The number of allylic oxidation sites excluding steroid dienone is 2. The van der Waals surface area contributed by atoms with E-state index in [1.54, 1.807) is 12.1 Å². The fourth-order valence-electron chi connectivity index (χ4n) is 3.98. The molecule has 0 atom stereocenters. The summed E-state index contributed by atoms with van der Waals surface area (Å²) < 4.78 is 14.8. The van der Waals surface area contributed by atoms with Crippen LogP contribution in [0.4, 0.5) is 4.39 Å². The highest BCUT2D eigenvalue weighted by Crippen LogP contribution is 2.26. The zero-order valence-corrected chi connectivity index (χ0v) is 19.1. The van der Waals surface area contributed by atoms with Crippen LogP contribution in [0.25, 0.3) is 5.57 Å². The number of nitrogens with zero attached hydrogens (tertiary/aromatic N) is 2. The van der Waals surface area contributed by atoms with Crippen LogP contribution < -0.4 is 16.0 Å². The van der Waals surface area contributed by atoms with Gasteiger partial charge in [0.2, 0.25) is 0 Å². The van der Waals surface area contributed by atoms with Crippen molar-refractivity contribution < 1.29 is 4.39 Å². The molecule has 0 saturated heterocycles. The molecule has 2 aliphatic heterocycles. The summed E-state index contributed by atoms with van der Waals surface area (Å²) in [4.78, 5) is 6.60. The number of aliphatic imine (C=N–C) groups is 1. The van der Waals surface area contributed by atoms with Crippen LogP contribution in [0.2, 0.25) is 0 Å². The lowest BCUT2D eigenvalue weighted by molar-refractivity contribution is 0.349. The molecule has 4 bridgehead atoms. The number of hydrogen-bond donors (Lipinski definition) is 3. The zero-order valence-electron chi connectivity index (χ0n) is 19.1. The van der Waals surface area contributed by atoms with E-state index in [4.69, 9.17) is 0 Å². The lowest BCUT2D eigenvalue weighted by Crippen LogP contribution is -2.43. The standard InChI is InChI=1S/C25H36FN5/c1-5-20-21-18-19(9-10-22(21)26)8-6-7-12-25(2,3)29-16-14-27-13-15-28-23-11-17-31(4)24(20)30-23/h5,9-11,17-18,27,29H,1,6-8,12-16H2,2-4H3,(H,28,30)/b24-20+. The normalized spacial score (nSPS) is 23.1. The van der Waals surface area contributed by atoms with Crippen molar-refractivity contribution in [2.75, 3.05) is 33.2 Å². The van der Waals surface area contributed by atoms with Crippen LogP contribution in [0.5, 0.6) is 0 Å². The Morgan fingerprint density at radius 2 is 2.03 bits per heavy atom. The van der Waals surface area contributed by atoms with Gasteiger partial charge in [-0.05, 0) is 56.9 Å². The van der Waals surface area contributed by atoms with E-state index in [1.165, 1.54) is 0 Å². The maximum Gasteiger partial charge on any atom is 0.131 e. The predicted octanol–water partition coefficient (Wildman–Crippen LogP) is 3.81. The van der Waals surface area contributed by atoms with Crippen LogP contribution in [0.15, 0.2) is 53.9 Å². The van der Waals surface area contributed by atoms with E-state index < -0.39 is 0 Å². The van der Waals surface area contributed by atoms with E-state index in [9.17, 15) is 4.39 Å². The highest BCUT2D eigenvalue weighted by atomic mass is 19.1. The first-order chi connectivity index (χ1) is 14.9. The van der Waals surface area contributed by atoms with Crippen LogP contribution in [0, 0.1) is 5.82 Å². The predicted molar refractivity (Wildman–Crippen MR) is 128 cm³/mol. The molecule has 0 radical (unpaired) electrons. The van der Waals surface area contributed by atoms with Gasteiger partial charge in [-0.2, -0.15) is 0 Å². The first-order valence-corrected chi connectivity index (χ1v) is 11.2. The van der Waals surface area contributed by atoms with Crippen molar-refractivity contribution in [2.45, 2.75) is 45.1 Å². The van der Waals surface area contributed by atoms with Crippen molar-refractivity contribution >= 4 is 11.4 Å². The Balaban J connectivity index is 1.92. The van der Waals surface area contributed by atoms with Crippen LogP contribution in [-0.2, 0) is 6.42 Å². The fraction of sp³-hybridized carbons (Fsp3) is 0.480. The van der Waals surface area contributed by atoms with Gasteiger partial charge in [0.15, 0.2) is 0 Å². The van der Waals surface area contributed by atoms with Gasteiger partial charge in [0.1, 0.15) is 17.5 Å². The number of benzene rings is 1. The number of nitrogens with one attached hydrogen (secondary N) is 3. The van der Waals surface area contributed by atoms with Crippen molar-refractivity contribution in [3.8, 4) is 0 Å². The van der Waals surface area contributed by atoms with Gasteiger partial charge in [0.25, 0.3) is 0 Å². The van der Waals surface area contributed by atoms with Crippen LogP contribution in [0.3, 0.4) is 0 Å². The summed E-state index contributed by atoms with van der Waals surface area (Å²) in [7, 11) is 1.94. The van der Waals surface area contributed by atoms with Gasteiger partial charge in [-0.3, -0.25) is 4.99 Å². The number of aryl methyl sites for hydroxylation is 1. The minimum atomic E-state index is -0.241. The number of amidine groups is 1. The topological polar surface area (TPSA) is 51.7 Å². The van der Waals surface area contributed by atoms with E-state index in [-0.39, 0.29) is 11.4 Å². The monoisotopic (exact) mass is 425 g/mol. The molecule has 2 heterocycles. The minimum Gasteiger partial charge on any atom is -0.337 e. The Morgan fingerprint density at radius 3 is 2.84 bits per heavy atom. The highest BCUT2D eigenvalue weighted by molar-refractivity contribution is 5.96. The second-order valence-corrected chi connectivity index (χ2v) is 8.87. The maximum atomic E-state index is 14.8. The van der Waals surface area contributed by atoms with E-state index >= 15 is 0 Å². The number of halogens is 1. The molecule has 5 nitrogen and oxygen atoms in total. The van der Waals surface area contributed by atoms with Crippen molar-refractivity contribution in [3.05, 3.63) is 65.9 Å². The molecule has 2 aliphatic rings. The Labute approximate surface area is 186 Å². The molecule has 0 spiro atoms. The van der Waals surface area contributed by atoms with Crippen molar-refractivity contribution in [1.29, 1.82) is 0 Å². The molecule has 1 aromatic carbocycles. The summed E-state index contributed by atoms with van der Waals surface area (Å²) in [6, 6.07) is 5.43. The Kier molecular flexibility index (Phi) is 8.04.